The number of hydrogen-bond donors (Lipinski definition) is 0. The molecule has 0 unspecified atom stereocenters. The van der Waals surface area contributed by atoms with Crippen molar-refractivity contribution < 1.29 is 0 Å². The normalized spacial score (nSPS) is 9.22. The topological polar surface area (TPSA) is 12.4 Å². The van der Waals surface area contributed by atoms with Gasteiger partial charge in [-0.15, -0.1) is 0 Å². The molecule has 0 bridgehead atoms. The Balaban J connectivity index is 3.00. The van der Waals surface area contributed by atoms with Crippen molar-refractivity contribution in [3.05, 3.63) is 0 Å². The zero-order chi connectivity index (χ0) is 7.11. The largest absolute Gasteiger partial charge is 0.295 e. The van der Waals surface area contributed by atoms with Gasteiger partial charge in [-0.25, -0.2) is 0 Å². The van der Waals surface area contributed by atoms with Gasteiger partial charge in [0.2, 0.25) is 0 Å². The molecule has 0 aliphatic rings. The van der Waals surface area contributed by atoms with Gasteiger partial charge in [-0.2, -0.15) is 0 Å². The van der Waals surface area contributed by atoms with E-state index >= 15 is 0 Å². The molecule has 0 heterocycles. The molecule has 0 amide bonds. The Labute approximate surface area is 58.2 Å². The van der Waals surface area contributed by atoms with Crippen LogP contribution in [-0.2, 0) is 0 Å². The summed E-state index contributed by atoms with van der Waals surface area (Å²) in [6.07, 6.45) is 3.86. The van der Waals surface area contributed by atoms with Crippen molar-refractivity contribution in [3.63, 3.8) is 0 Å². The van der Waals surface area contributed by atoms with Gasteiger partial charge in [-0.3, -0.25) is 4.99 Å². The first-order valence-electron chi connectivity index (χ1n) is 3.75. The molecule has 1 nitrogen and oxygen atoms in total. The van der Waals surface area contributed by atoms with E-state index in [9.17, 15) is 0 Å². The minimum Gasteiger partial charge on any atom is -0.295 e. The summed E-state index contributed by atoms with van der Waals surface area (Å²) in [6.45, 7) is 7.33. The Morgan fingerprint density at radius 1 is 1.22 bits per heavy atom. The molecule has 0 atom stereocenters. The van der Waals surface area contributed by atoms with Crippen LogP contribution in [-0.4, -0.2) is 12.3 Å². The van der Waals surface area contributed by atoms with E-state index in [4.69, 9.17) is 0 Å². The summed E-state index contributed by atoms with van der Waals surface area (Å²) in [5.41, 5.74) is 1.20. The van der Waals surface area contributed by atoms with Crippen LogP contribution in [0.1, 0.15) is 40.0 Å². The van der Waals surface area contributed by atoms with E-state index in [1.54, 1.807) is 0 Å². The molecule has 0 aromatic rings. The second-order valence-corrected chi connectivity index (χ2v) is 2.54. The Morgan fingerprint density at radius 2 is 1.89 bits per heavy atom. The molecule has 0 fully saturated rings. The van der Waals surface area contributed by atoms with E-state index in [-0.39, 0.29) is 0 Å². The van der Waals surface area contributed by atoms with Crippen LogP contribution in [0, 0.1) is 0 Å². The van der Waals surface area contributed by atoms with Crippen LogP contribution in [0.4, 0.5) is 0 Å². The molecular weight excluding hydrogens is 110 g/mol. The van der Waals surface area contributed by atoms with Gasteiger partial charge in [0.05, 0.1) is 0 Å². The smallest absolute Gasteiger partial charge is 0.0388 e. The van der Waals surface area contributed by atoms with Crippen LogP contribution >= 0.6 is 0 Å². The summed E-state index contributed by atoms with van der Waals surface area (Å²) in [5.74, 6) is 0. The van der Waals surface area contributed by atoms with Crippen molar-refractivity contribution >= 4 is 5.71 Å². The predicted octanol–water partition coefficient (Wildman–Crippen LogP) is 2.66. The summed E-state index contributed by atoms with van der Waals surface area (Å²) >= 11 is 0. The number of unbranched alkanes of at least 4 members (excludes halogenated alkanes) is 2. The third-order valence-electron chi connectivity index (χ3n) is 1.19. The maximum Gasteiger partial charge on any atom is 0.0388 e. The average molecular weight is 127 g/mol. The zero-order valence-corrected chi connectivity index (χ0v) is 6.78. The standard InChI is InChI=1S/C8H17N/c1-4-5-6-7-9-8(2)3/h4-7H2,1-3H3. The lowest BCUT2D eigenvalue weighted by Crippen LogP contribution is -1.85. The first-order chi connectivity index (χ1) is 4.27. The Hall–Kier alpha value is -0.330. The fourth-order valence-corrected chi connectivity index (χ4v) is 0.664. The average Bonchev–Trinajstić information content (AvgIpc) is 1.80. The zero-order valence-electron chi connectivity index (χ0n) is 6.78. The van der Waals surface area contributed by atoms with Gasteiger partial charge in [-0.1, -0.05) is 19.8 Å². The number of aliphatic imine (C=N–C) groups is 1. The lowest BCUT2D eigenvalue weighted by molar-refractivity contribution is 0.728. The number of nitrogens with zero attached hydrogens (tertiary/aromatic N) is 1. The first kappa shape index (κ1) is 8.67. The molecule has 0 aliphatic carbocycles. The SMILES string of the molecule is CCCCCN=C(C)C. The highest BCUT2D eigenvalue weighted by Crippen LogP contribution is 1.93. The van der Waals surface area contributed by atoms with Crippen molar-refractivity contribution in [2.24, 2.45) is 4.99 Å². The van der Waals surface area contributed by atoms with Gasteiger partial charge in [0.1, 0.15) is 0 Å². The molecule has 1 heteroatoms. The van der Waals surface area contributed by atoms with Crippen LogP contribution in [0.25, 0.3) is 0 Å². The van der Waals surface area contributed by atoms with Gasteiger partial charge in [-0.05, 0) is 20.3 Å². The molecule has 0 spiro atoms. The van der Waals surface area contributed by atoms with Gasteiger partial charge in [0.15, 0.2) is 0 Å². The molecule has 0 saturated heterocycles. The summed E-state index contributed by atoms with van der Waals surface area (Å²) < 4.78 is 0. The maximum absolute atomic E-state index is 4.28. The van der Waals surface area contributed by atoms with Crippen LogP contribution in [0.15, 0.2) is 4.99 Å². The lowest BCUT2D eigenvalue weighted by Gasteiger charge is -1.92. The van der Waals surface area contributed by atoms with E-state index in [1.165, 1.54) is 25.0 Å². The third kappa shape index (κ3) is 7.67. The number of rotatable bonds is 4. The van der Waals surface area contributed by atoms with Gasteiger partial charge in [0.25, 0.3) is 0 Å². The van der Waals surface area contributed by atoms with Crippen LogP contribution in [0.3, 0.4) is 0 Å². The van der Waals surface area contributed by atoms with E-state index < -0.39 is 0 Å². The highest BCUT2D eigenvalue weighted by molar-refractivity contribution is 5.78. The van der Waals surface area contributed by atoms with E-state index in [0.717, 1.165) is 6.54 Å². The van der Waals surface area contributed by atoms with Gasteiger partial charge >= 0.3 is 0 Å². The van der Waals surface area contributed by atoms with Crippen molar-refractivity contribution in [1.29, 1.82) is 0 Å². The third-order valence-corrected chi connectivity index (χ3v) is 1.19. The Morgan fingerprint density at radius 3 is 2.33 bits per heavy atom. The monoisotopic (exact) mass is 127 g/mol. The molecule has 0 N–H and O–H groups in total. The molecule has 54 valence electrons. The molecule has 0 aromatic carbocycles. The number of hydrogen-bond acceptors (Lipinski definition) is 1. The molecule has 0 aromatic heterocycles. The summed E-state index contributed by atoms with van der Waals surface area (Å²) in [7, 11) is 0. The van der Waals surface area contributed by atoms with Gasteiger partial charge in [0, 0.05) is 12.3 Å². The predicted molar refractivity (Wildman–Crippen MR) is 43.2 cm³/mol. The van der Waals surface area contributed by atoms with Crippen molar-refractivity contribution in [1.82, 2.24) is 0 Å². The van der Waals surface area contributed by atoms with Crippen molar-refractivity contribution in [2.45, 2.75) is 40.0 Å². The quantitative estimate of drug-likeness (QED) is 0.406. The summed E-state index contributed by atoms with van der Waals surface area (Å²) in [4.78, 5) is 4.28. The lowest BCUT2D eigenvalue weighted by atomic mass is 10.2. The summed E-state index contributed by atoms with van der Waals surface area (Å²) in [6, 6.07) is 0. The van der Waals surface area contributed by atoms with Crippen LogP contribution < -0.4 is 0 Å². The van der Waals surface area contributed by atoms with Crippen molar-refractivity contribution in [2.75, 3.05) is 6.54 Å². The van der Waals surface area contributed by atoms with E-state index in [1.807, 2.05) is 13.8 Å². The van der Waals surface area contributed by atoms with Gasteiger partial charge < -0.3 is 0 Å². The maximum atomic E-state index is 4.28. The fourth-order valence-electron chi connectivity index (χ4n) is 0.664. The van der Waals surface area contributed by atoms with Crippen molar-refractivity contribution in [3.8, 4) is 0 Å². The van der Waals surface area contributed by atoms with E-state index in [2.05, 4.69) is 11.9 Å². The second-order valence-electron chi connectivity index (χ2n) is 2.54. The van der Waals surface area contributed by atoms with E-state index in [0.29, 0.717) is 0 Å². The molecular formula is C8H17N. The molecule has 0 saturated carbocycles. The highest BCUT2D eigenvalue weighted by Gasteiger charge is 1.81. The molecule has 0 rings (SSSR count). The minimum absolute atomic E-state index is 1.02. The highest BCUT2D eigenvalue weighted by atomic mass is 14.7. The summed E-state index contributed by atoms with van der Waals surface area (Å²) in [5, 5.41) is 0. The Bertz CT molecular complexity index is 80.6. The minimum atomic E-state index is 1.02. The first-order valence-corrected chi connectivity index (χ1v) is 3.75. The van der Waals surface area contributed by atoms with Crippen LogP contribution in [0.2, 0.25) is 0 Å². The fraction of sp³-hybridized carbons (Fsp3) is 0.875. The second kappa shape index (κ2) is 5.80. The Kier molecular flexibility index (Phi) is 5.59. The molecule has 0 aliphatic heterocycles. The molecule has 9 heavy (non-hydrogen) atoms. The molecule has 0 radical (unpaired) electrons. The van der Waals surface area contributed by atoms with Crippen LogP contribution in [0.5, 0.6) is 0 Å².